The zero-order valence-electron chi connectivity index (χ0n) is 27.0. The van der Waals surface area contributed by atoms with E-state index in [9.17, 15) is 9.90 Å². The number of amides is 1. The first-order chi connectivity index (χ1) is 18.7. The maximum Gasteiger partial charge on any atom is 0.226 e. The molecule has 4 nitrogen and oxygen atoms in total. The van der Waals surface area contributed by atoms with Crippen LogP contribution in [0.1, 0.15) is 119 Å². The molecular formula is C36H60N2O2. The third-order valence-corrected chi connectivity index (χ3v) is 15.7. The molecule has 1 aliphatic heterocycles. The minimum Gasteiger partial charge on any atom is -0.393 e. The number of nitrogens with one attached hydrogen (secondary N) is 1. The van der Waals surface area contributed by atoms with E-state index in [1.807, 2.05) is 0 Å². The van der Waals surface area contributed by atoms with Crippen LogP contribution in [0.2, 0.25) is 0 Å². The van der Waals surface area contributed by atoms with Gasteiger partial charge in [0.05, 0.1) is 11.5 Å². The summed E-state index contributed by atoms with van der Waals surface area (Å²) >= 11 is 0. The summed E-state index contributed by atoms with van der Waals surface area (Å²) in [7, 11) is 2.21. The van der Waals surface area contributed by atoms with E-state index in [-0.39, 0.29) is 27.8 Å². The van der Waals surface area contributed by atoms with E-state index in [0.717, 1.165) is 38.8 Å². The van der Waals surface area contributed by atoms with E-state index in [1.54, 1.807) is 0 Å². The predicted molar refractivity (Wildman–Crippen MR) is 164 cm³/mol. The van der Waals surface area contributed by atoms with Crippen molar-refractivity contribution in [1.82, 2.24) is 10.2 Å². The average molecular weight is 553 g/mol. The fraction of sp³-hybridized carbons (Fsp3) is 0.917. The van der Waals surface area contributed by atoms with Crippen LogP contribution >= 0.6 is 0 Å². The molecule has 6 fully saturated rings. The molecule has 0 bridgehead atoms. The Kier molecular flexibility index (Phi) is 6.99. The Morgan fingerprint density at radius 1 is 0.900 bits per heavy atom. The van der Waals surface area contributed by atoms with Gasteiger partial charge in [0.15, 0.2) is 0 Å². The third-order valence-electron chi connectivity index (χ3n) is 15.7. The second-order valence-electron chi connectivity index (χ2n) is 17.2. The number of aliphatic hydroxyl groups is 1. The Balaban J connectivity index is 1.32. The van der Waals surface area contributed by atoms with Crippen molar-refractivity contribution in [3.63, 3.8) is 0 Å². The fourth-order valence-corrected chi connectivity index (χ4v) is 13.1. The molecule has 0 aromatic heterocycles. The van der Waals surface area contributed by atoms with Crippen LogP contribution < -0.4 is 5.32 Å². The number of fused-ring (bicyclic) bond motifs is 7. The van der Waals surface area contributed by atoms with Crippen molar-refractivity contribution in [2.75, 3.05) is 20.1 Å². The normalized spacial score (nSPS) is 51.8. The number of allylic oxidation sites excluding steroid dienone is 1. The Morgan fingerprint density at radius 2 is 1.65 bits per heavy atom. The lowest BCUT2D eigenvalue weighted by atomic mass is 9.32. The van der Waals surface area contributed by atoms with Crippen LogP contribution in [0.5, 0.6) is 0 Å². The van der Waals surface area contributed by atoms with E-state index in [0.29, 0.717) is 47.0 Å². The molecule has 6 aliphatic rings. The number of rotatable bonds is 4. The largest absolute Gasteiger partial charge is 0.393 e. The first-order valence-corrected chi connectivity index (χ1v) is 17.0. The topological polar surface area (TPSA) is 52.6 Å². The van der Waals surface area contributed by atoms with Crippen LogP contribution in [0, 0.1) is 56.7 Å². The van der Waals surface area contributed by atoms with E-state index >= 15 is 0 Å². The number of aliphatic hydroxyl groups excluding tert-OH is 1. The summed E-state index contributed by atoms with van der Waals surface area (Å²) in [5.74, 6) is 3.16. The van der Waals surface area contributed by atoms with E-state index in [2.05, 4.69) is 65.4 Å². The smallest absolute Gasteiger partial charge is 0.226 e. The average Bonchev–Trinajstić information content (AvgIpc) is 3.49. The summed E-state index contributed by atoms with van der Waals surface area (Å²) in [5.41, 5.74) is 1.93. The van der Waals surface area contributed by atoms with Gasteiger partial charge in [-0.1, -0.05) is 46.8 Å². The van der Waals surface area contributed by atoms with Gasteiger partial charge >= 0.3 is 0 Å². The second kappa shape index (κ2) is 9.57. The number of likely N-dealkylation sites (tertiary alicyclic amines) is 1. The van der Waals surface area contributed by atoms with Crippen molar-refractivity contribution in [2.24, 2.45) is 56.7 Å². The molecule has 6 rings (SSSR count). The molecule has 0 unspecified atom stereocenters. The predicted octanol–water partition coefficient (Wildman–Crippen LogP) is 7.22. The lowest BCUT2D eigenvalue weighted by Gasteiger charge is -2.72. The van der Waals surface area contributed by atoms with Gasteiger partial charge in [-0.3, -0.25) is 4.79 Å². The number of likely N-dealkylation sites (N-methyl/N-ethyl adjacent to an activating group) is 1. The maximum atomic E-state index is 14.3. The standard InChI is InChI=1S/C36H60N2O2/c1-23(2)25-13-18-36(31(40)37-22-24-10-9-21-38(24)8)20-19-34(6)26(30(25)36)11-12-28-33(5)16-15-29(39)32(3,4)27(33)14-17-35(28,34)7/h24-30,39H,1,9-22H2,2-8H3,(H,37,40)/t24-,25+,26-,27+,28-,29+,30-,33+,34-,35-,36+/m1/s1. The van der Waals surface area contributed by atoms with Crippen LogP contribution in [-0.2, 0) is 4.79 Å². The summed E-state index contributed by atoms with van der Waals surface area (Å²) < 4.78 is 0. The molecular weight excluding hydrogens is 492 g/mol. The summed E-state index contributed by atoms with van der Waals surface area (Å²) in [4.78, 5) is 16.8. The molecule has 11 atom stereocenters. The number of carbonyl (C=O) groups excluding carboxylic acids is 1. The van der Waals surface area contributed by atoms with Gasteiger partial charge in [-0.05, 0) is 149 Å². The molecule has 2 N–H and O–H groups in total. The van der Waals surface area contributed by atoms with Gasteiger partial charge in [0.25, 0.3) is 0 Å². The molecule has 5 aliphatic carbocycles. The van der Waals surface area contributed by atoms with Crippen LogP contribution in [0.3, 0.4) is 0 Å². The van der Waals surface area contributed by atoms with Gasteiger partial charge in [-0.25, -0.2) is 0 Å². The van der Waals surface area contributed by atoms with Gasteiger partial charge in [0, 0.05) is 12.6 Å². The molecule has 0 spiro atoms. The molecule has 1 amide bonds. The highest BCUT2D eigenvalue weighted by Gasteiger charge is 2.71. The number of carbonyl (C=O) groups is 1. The minimum atomic E-state index is -0.216. The maximum absolute atomic E-state index is 14.3. The second-order valence-corrected chi connectivity index (χ2v) is 17.2. The van der Waals surface area contributed by atoms with Crippen molar-refractivity contribution >= 4 is 5.91 Å². The zero-order chi connectivity index (χ0) is 28.9. The highest BCUT2D eigenvalue weighted by atomic mass is 16.3. The summed E-state index contributed by atoms with van der Waals surface area (Å²) in [6, 6.07) is 0.495. The van der Waals surface area contributed by atoms with Gasteiger partial charge in [0.1, 0.15) is 0 Å². The first-order valence-electron chi connectivity index (χ1n) is 17.0. The molecule has 226 valence electrons. The summed E-state index contributed by atoms with van der Waals surface area (Å²) in [6.45, 7) is 21.4. The highest BCUT2D eigenvalue weighted by Crippen LogP contribution is 2.77. The molecule has 4 heteroatoms. The molecule has 0 radical (unpaired) electrons. The van der Waals surface area contributed by atoms with Gasteiger partial charge in [0.2, 0.25) is 5.91 Å². The molecule has 0 aromatic rings. The minimum absolute atomic E-state index is 0.00419. The van der Waals surface area contributed by atoms with Crippen LogP contribution in [0.25, 0.3) is 0 Å². The molecule has 1 heterocycles. The molecule has 5 saturated carbocycles. The van der Waals surface area contributed by atoms with Crippen molar-refractivity contribution < 1.29 is 9.90 Å². The SMILES string of the molecule is C=C(C)[C@@H]1CC[C@]2(C(=O)NC[C@H]3CCCN3C)CC[C@]3(C)[C@H](CC[C@@H]4[C@@]5(C)CC[C@H](O)C(C)(C)[C@@H]5CC[C@]43C)[C@@H]12. The van der Waals surface area contributed by atoms with Gasteiger partial charge in [-0.15, -0.1) is 0 Å². The first kappa shape index (κ1) is 29.2. The lowest BCUT2D eigenvalue weighted by Crippen LogP contribution is -2.67. The van der Waals surface area contributed by atoms with Crippen LogP contribution in [0.4, 0.5) is 0 Å². The van der Waals surface area contributed by atoms with E-state index in [4.69, 9.17) is 0 Å². The monoisotopic (exact) mass is 552 g/mol. The molecule has 0 aromatic carbocycles. The van der Waals surface area contributed by atoms with Crippen molar-refractivity contribution in [2.45, 2.75) is 131 Å². The van der Waals surface area contributed by atoms with Crippen molar-refractivity contribution in [3.05, 3.63) is 12.2 Å². The van der Waals surface area contributed by atoms with Crippen LogP contribution in [-0.4, -0.2) is 48.2 Å². The molecule has 40 heavy (non-hydrogen) atoms. The van der Waals surface area contributed by atoms with E-state index in [1.165, 1.54) is 56.9 Å². The third kappa shape index (κ3) is 3.79. The fourth-order valence-electron chi connectivity index (χ4n) is 13.1. The molecule has 1 saturated heterocycles. The number of hydrogen-bond acceptors (Lipinski definition) is 3. The van der Waals surface area contributed by atoms with Crippen molar-refractivity contribution in [1.29, 1.82) is 0 Å². The Bertz CT molecular complexity index is 1040. The highest BCUT2D eigenvalue weighted by molar-refractivity contribution is 5.84. The Labute approximate surface area is 245 Å². The Hall–Kier alpha value is -0.870. The van der Waals surface area contributed by atoms with Crippen LogP contribution in [0.15, 0.2) is 12.2 Å². The van der Waals surface area contributed by atoms with Gasteiger partial charge < -0.3 is 15.3 Å². The summed E-state index contributed by atoms with van der Waals surface area (Å²) in [5, 5.41) is 14.6. The Morgan fingerprint density at radius 3 is 2.33 bits per heavy atom. The van der Waals surface area contributed by atoms with Gasteiger partial charge in [-0.2, -0.15) is 0 Å². The lowest BCUT2D eigenvalue weighted by molar-refractivity contribution is -0.246. The number of hydrogen-bond donors (Lipinski definition) is 2. The summed E-state index contributed by atoms with van der Waals surface area (Å²) in [6.07, 6.45) is 13.9. The van der Waals surface area contributed by atoms with E-state index < -0.39 is 0 Å². The quantitative estimate of drug-likeness (QED) is 0.362. The number of nitrogens with zero attached hydrogens (tertiary/aromatic N) is 1. The zero-order valence-corrected chi connectivity index (χ0v) is 27.0. The van der Waals surface area contributed by atoms with Crippen molar-refractivity contribution in [3.8, 4) is 0 Å².